The van der Waals surface area contributed by atoms with Crippen LogP contribution in [0.15, 0.2) is 18.6 Å². The Hall–Kier alpha value is -1.00. The fourth-order valence-electron chi connectivity index (χ4n) is 4.62. The van der Waals surface area contributed by atoms with Gasteiger partial charge in [0.05, 0.1) is 11.7 Å². The van der Waals surface area contributed by atoms with E-state index in [1.165, 1.54) is 45.4 Å². The van der Waals surface area contributed by atoms with Crippen LogP contribution in [0.2, 0.25) is 0 Å². The highest BCUT2D eigenvalue weighted by Gasteiger charge is 2.48. The maximum absolute atomic E-state index is 4.48. The molecule has 3 aliphatic rings. The van der Waals surface area contributed by atoms with Crippen LogP contribution in [0.25, 0.3) is 0 Å². The number of hydrogen-bond acceptors (Lipinski definition) is 4. The fourth-order valence-corrected chi connectivity index (χ4v) is 4.62. The highest BCUT2D eigenvalue weighted by Crippen LogP contribution is 2.42. The molecule has 1 aromatic rings. The van der Waals surface area contributed by atoms with Crippen LogP contribution in [-0.4, -0.2) is 52.0 Å². The molecular formula is C16H24N4. The summed E-state index contributed by atoms with van der Waals surface area (Å²) in [6.07, 6.45) is 9.76. The van der Waals surface area contributed by atoms with E-state index in [0.717, 1.165) is 23.6 Å². The highest BCUT2D eigenvalue weighted by molar-refractivity contribution is 5.07. The average molecular weight is 272 g/mol. The van der Waals surface area contributed by atoms with Gasteiger partial charge in [-0.3, -0.25) is 19.8 Å². The SMILES string of the molecule is C[C@H](c1cnccn1)N1C[C@@H]2CN3CCCC[C@H]3[C@H]2C1. The van der Waals surface area contributed by atoms with Crippen molar-refractivity contribution in [3.63, 3.8) is 0 Å². The van der Waals surface area contributed by atoms with Gasteiger partial charge in [0.25, 0.3) is 0 Å². The van der Waals surface area contributed by atoms with E-state index in [4.69, 9.17) is 0 Å². The third kappa shape index (κ3) is 2.06. The van der Waals surface area contributed by atoms with Gasteiger partial charge in [-0.1, -0.05) is 6.42 Å². The smallest absolute Gasteiger partial charge is 0.0755 e. The maximum atomic E-state index is 4.48. The average Bonchev–Trinajstić information content (AvgIpc) is 3.05. The second kappa shape index (κ2) is 5.08. The van der Waals surface area contributed by atoms with Crippen LogP contribution in [-0.2, 0) is 0 Å². The Morgan fingerprint density at radius 2 is 2.15 bits per heavy atom. The van der Waals surface area contributed by atoms with E-state index < -0.39 is 0 Å². The topological polar surface area (TPSA) is 32.3 Å². The summed E-state index contributed by atoms with van der Waals surface area (Å²) in [6, 6.07) is 1.28. The molecule has 0 spiro atoms. The Morgan fingerprint density at radius 3 is 3.00 bits per heavy atom. The molecule has 4 nitrogen and oxygen atoms in total. The number of likely N-dealkylation sites (tertiary alicyclic amines) is 1. The van der Waals surface area contributed by atoms with Crippen LogP contribution in [0, 0.1) is 11.8 Å². The van der Waals surface area contributed by atoms with Gasteiger partial charge in [0, 0.05) is 44.3 Å². The summed E-state index contributed by atoms with van der Waals surface area (Å²) in [5.74, 6) is 1.78. The van der Waals surface area contributed by atoms with Crippen LogP contribution in [0.5, 0.6) is 0 Å². The van der Waals surface area contributed by atoms with Gasteiger partial charge in [-0.25, -0.2) is 0 Å². The molecule has 0 unspecified atom stereocenters. The molecule has 1 aromatic heterocycles. The lowest BCUT2D eigenvalue weighted by Crippen LogP contribution is -2.40. The van der Waals surface area contributed by atoms with Gasteiger partial charge in [-0.15, -0.1) is 0 Å². The number of rotatable bonds is 2. The van der Waals surface area contributed by atoms with Crippen molar-refractivity contribution in [3.05, 3.63) is 24.3 Å². The van der Waals surface area contributed by atoms with Crippen molar-refractivity contribution in [2.24, 2.45) is 11.8 Å². The third-order valence-corrected chi connectivity index (χ3v) is 5.71. The molecule has 20 heavy (non-hydrogen) atoms. The first-order valence-corrected chi connectivity index (χ1v) is 8.07. The molecule has 0 radical (unpaired) electrons. The summed E-state index contributed by atoms with van der Waals surface area (Å²) in [4.78, 5) is 14.1. The first kappa shape index (κ1) is 12.7. The molecule has 0 amide bonds. The second-order valence-electron chi connectivity index (χ2n) is 6.74. The minimum Gasteiger partial charge on any atom is -0.300 e. The second-order valence-corrected chi connectivity index (χ2v) is 6.74. The molecule has 4 rings (SSSR count). The molecular weight excluding hydrogens is 248 g/mol. The summed E-state index contributed by atoms with van der Waals surface area (Å²) in [5.41, 5.74) is 1.12. The molecule has 4 atom stereocenters. The van der Waals surface area contributed by atoms with E-state index in [0.29, 0.717) is 6.04 Å². The van der Waals surface area contributed by atoms with Crippen LogP contribution in [0.4, 0.5) is 0 Å². The van der Waals surface area contributed by atoms with Crippen molar-refractivity contribution in [3.8, 4) is 0 Å². The Bertz CT molecular complexity index is 463. The van der Waals surface area contributed by atoms with E-state index in [1.54, 1.807) is 6.20 Å². The first-order chi connectivity index (χ1) is 9.83. The third-order valence-electron chi connectivity index (χ3n) is 5.71. The number of nitrogens with zero attached hydrogens (tertiary/aromatic N) is 4. The van der Waals surface area contributed by atoms with Crippen molar-refractivity contribution in [2.75, 3.05) is 26.2 Å². The molecule has 0 bridgehead atoms. The van der Waals surface area contributed by atoms with E-state index in [-0.39, 0.29) is 0 Å². The summed E-state index contributed by atoms with van der Waals surface area (Å²) < 4.78 is 0. The lowest BCUT2D eigenvalue weighted by Gasteiger charge is -2.34. The lowest BCUT2D eigenvalue weighted by atomic mass is 9.90. The minimum absolute atomic E-state index is 0.409. The number of hydrogen-bond donors (Lipinski definition) is 0. The molecule has 4 heterocycles. The minimum atomic E-state index is 0.409. The molecule has 0 saturated carbocycles. The molecule has 108 valence electrons. The largest absolute Gasteiger partial charge is 0.300 e. The van der Waals surface area contributed by atoms with Gasteiger partial charge in [-0.05, 0) is 38.1 Å². The Morgan fingerprint density at radius 1 is 1.20 bits per heavy atom. The molecule has 3 aliphatic heterocycles. The molecule has 4 heteroatoms. The number of aromatic nitrogens is 2. The van der Waals surface area contributed by atoms with Crippen molar-refractivity contribution >= 4 is 0 Å². The normalized spacial score (nSPS) is 35.8. The summed E-state index contributed by atoms with van der Waals surface area (Å²) in [5, 5.41) is 0. The van der Waals surface area contributed by atoms with Crippen LogP contribution in [0.3, 0.4) is 0 Å². The summed E-state index contributed by atoms with van der Waals surface area (Å²) in [7, 11) is 0. The van der Waals surface area contributed by atoms with Crippen LogP contribution in [0.1, 0.15) is 37.9 Å². The zero-order chi connectivity index (χ0) is 13.5. The standard InChI is InChI=1S/C16H24N4/c1-12(15-8-17-5-6-18-15)20-10-13-9-19-7-3-2-4-16(19)14(13)11-20/h5-6,8,12-14,16H,2-4,7,9-11H2,1H3/t12-,13+,14+,16+/m1/s1. The molecule has 3 fully saturated rings. The van der Waals surface area contributed by atoms with E-state index in [1.807, 2.05) is 12.4 Å². The van der Waals surface area contributed by atoms with E-state index in [2.05, 4.69) is 26.7 Å². The van der Waals surface area contributed by atoms with Crippen molar-refractivity contribution in [1.82, 2.24) is 19.8 Å². The Kier molecular flexibility index (Phi) is 3.23. The highest BCUT2D eigenvalue weighted by atomic mass is 15.3. The van der Waals surface area contributed by atoms with Crippen molar-refractivity contribution < 1.29 is 0 Å². The van der Waals surface area contributed by atoms with Gasteiger partial charge in [0.15, 0.2) is 0 Å². The quantitative estimate of drug-likeness (QED) is 0.824. The van der Waals surface area contributed by atoms with Crippen molar-refractivity contribution in [1.29, 1.82) is 0 Å². The molecule has 3 saturated heterocycles. The predicted molar refractivity (Wildman–Crippen MR) is 78.2 cm³/mol. The van der Waals surface area contributed by atoms with Gasteiger partial charge in [0.2, 0.25) is 0 Å². The number of fused-ring (bicyclic) bond motifs is 3. The molecule has 0 aromatic carbocycles. The van der Waals surface area contributed by atoms with Crippen molar-refractivity contribution in [2.45, 2.75) is 38.3 Å². The summed E-state index contributed by atoms with van der Waals surface area (Å²) >= 11 is 0. The number of piperidine rings is 1. The van der Waals surface area contributed by atoms with Gasteiger partial charge in [0.1, 0.15) is 0 Å². The zero-order valence-electron chi connectivity index (χ0n) is 12.3. The monoisotopic (exact) mass is 272 g/mol. The maximum Gasteiger partial charge on any atom is 0.0755 e. The summed E-state index contributed by atoms with van der Waals surface area (Å²) in [6.45, 7) is 7.46. The zero-order valence-corrected chi connectivity index (χ0v) is 12.3. The van der Waals surface area contributed by atoms with Crippen LogP contribution >= 0.6 is 0 Å². The predicted octanol–water partition coefficient (Wildman–Crippen LogP) is 1.95. The molecule has 0 N–H and O–H groups in total. The van der Waals surface area contributed by atoms with Gasteiger partial charge < -0.3 is 0 Å². The molecule has 0 aliphatic carbocycles. The van der Waals surface area contributed by atoms with Gasteiger partial charge in [-0.2, -0.15) is 0 Å². The first-order valence-electron chi connectivity index (χ1n) is 8.07. The van der Waals surface area contributed by atoms with Gasteiger partial charge >= 0.3 is 0 Å². The lowest BCUT2D eigenvalue weighted by molar-refractivity contribution is 0.142. The fraction of sp³-hybridized carbons (Fsp3) is 0.750. The van der Waals surface area contributed by atoms with E-state index in [9.17, 15) is 0 Å². The Labute approximate surface area is 121 Å². The Balaban J connectivity index is 1.47. The van der Waals surface area contributed by atoms with Crippen LogP contribution < -0.4 is 0 Å². The van der Waals surface area contributed by atoms with E-state index >= 15 is 0 Å².